The van der Waals surface area contributed by atoms with Crippen molar-refractivity contribution in [2.24, 2.45) is 0 Å². The number of rotatable bonds is 5. The molecule has 0 fully saturated rings. The molecule has 0 saturated heterocycles. The Balaban J connectivity index is 2.05. The van der Waals surface area contributed by atoms with Crippen molar-refractivity contribution in [1.29, 1.82) is 0 Å². The van der Waals surface area contributed by atoms with Crippen LogP contribution in [0.2, 0.25) is 0 Å². The van der Waals surface area contributed by atoms with E-state index in [2.05, 4.69) is 10.3 Å². The highest BCUT2D eigenvalue weighted by molar-refractivity contribution is 7.09. The summed E-state index contributed by atoms with van der Waals surface area (Å²) < 4.78 is 0. The molecule has 1 atom stereocenters. The molecule has 0 bridgehead atoms. The van der Waals surface area contributed by atoms with E-state index in [0.29, 0.717) is 11.3 Å². The van der Waals surface area contributed by atoms with Gasteiger partial charge in [-0.05, 0) is 12.5 Å². The van der Waals surface area contributed by atoms with Gasteiger partial charge in [-0.3, -0.25) is 4.79 Å². The van der Waals surface area contributed by atoms with Crippen LogP contribution in [-0.2, 0) is 16.0 Å². The number of aliphatic carboxylic acids is 1. The van der Waals surface area contributed by atoms with Crippen LogP contribution in [0.3, 0.4) is 0 Å². The van der Waals surface area contributed by atoms with Crippen LogP contribution in [0.4, 0.5) is 0 Å². The average molecular weight is 290 g/mol. The number of carboxylic acids is 1. The highest BCUT2D eigenvalue weighted by atomic mass is 32.1. The van der Waals surface area contributed by atoms with Gasteiger partial charge >= 0.3 is 5.97 Å². The summed E-state index contributed by atoms with van der Waals surface area (Å²) in [6.45, 7) is 1.86. The summed E-state index contributed by atoms with van der Waals surface area (Å²) in [5.41, 5.74) is 1.20. The van der Waals surface area contributed by atoms with Crippen molar-refractivity contribution >= 4 is 23.2 Å². The Bertz CT molecular complexity index is 610. The Morgan fingerprint density at radius 3 is 2.60 bits per heavy atom. The molecule has 0 radical (unpaired) electrons. The second-order valence-corrected chi connectivity index (χ2v) is 5.35. The number of aryl methyl sites for hydroxylation is 1. The molecule has 1 heterocycles. The van der Waals surface area contributed by atoms with Crippen molar-refractivity contribution in [2.45, 2.75) is 19.4 Å². The number of hydrogen-bond donors (Lipinski definition) is 2. The third-order valence-corrected chi connectivity index (χ3v) is 3.52. The van der Waals surface area contributed by atoms with Gasteiger partial charge in [0.25, 0.3) is 0 Å². The fraction of sp³-hybridized carbons (Fsp3) is 0.214. The number of nitrogens with zero attached hydrogens (tertiary/aromatic N) is 1. The minimum atomic E-state index is -1.08. The van der Waals surface area contributed by atoms with Crippen LogP contribution >= 0.6 is 11.3 Å². The van der Waals surface area contributed by atoms with Gasteiger partial charge in [0, 0.05) is 5.38 Å². The average Bonchev–Trinajstić information content (AvgIpc) is 2.82. The monoisotopic (exact) mass is 290 g/mol. The maximum atomic E-state index is 11.9. The quantitative estimate of drug-likeness (QED) is 0.882. The van der Waals surface area contributed by atoms with Gasteiger partial charge in [-0.2, -0.15) is 0 Å². The maximum absolute atomic E-state index is 11.9. The maximum Gasteiger partial charge on any atom is 0.330 e. The first kappa shape index (κ1) is 14.2. The minimum Gasteiger partial charge on any atom is -0.479 e. The van der Waals surface area contributed by atoms with Crippen molar-refractivity contribution in [3.63, 3.8) is 0 Å². The molecule has 6 heteroatoms. The van der Waals surface area contributed by atoms with E-state index in [1.165, 1.54) is 11.3 Å². The molecule has 2 rings (SSSR count). The number of hydrogen-bond acceptors (Lipinski definition) is 4. The van der Waals surface area contributed by atoms with Crippen LogP contribution in [0.1, 0.15) is 22.3 Å². The molecule has 104 valence electrons. The summed E-state index contributed by atoms with van der Waals surface area (Å²) in [5, 5.41) is 14.4. The molecule has 0 spiro atoms. The van der Waals surface area contributed by atoms with Gasteiger partial charge in [0.15, 0.2) is 6.04 Å². The fourth-order valence-electron chi connectivity index (χ4n) is 1.80. The molecule has 1 amide bonds. The summed E-state index contributed by atoms with van der Waals surface area (Å²) in [4.78, 5) is 27.3. The van der Waals surface area contributed by atoms with Crippen LogP contribution in [0.25, 0.3) is 0 Å². The Morgan fingerprint density at radius 1 is 1.35 bits per heavy atom. The van der Waals surface area contributed by atoms with Gasteiger partial charge in [-0.25, -0.2) is 9.78 Å². The standard InChI is InChI=1S/C14H14N2O3S/c1-9-15-11(8-20-9)7-12(17)16-13(14(18)19)10-5-3-2-4-6-10/h2-6,8,13H,7H2,1H3,(H,16,17)(H,18,19)/t13-/m1/s1. The van der Waals surface area contributed by atoms with Crippen molar-refractivity contribution in [3.05, 3.63) is 52.0 Å². The highest BCUT2D eigenvalue weighted by Gasteiger charge is 2.22. The molecule has 0 aliphatic heterocycles. The van der Waals surface area contributed by atoms with Crippen molar-refractivity contribution in [3.8, 4) is 0 Å². The van der Waals surface area contributed by atoms with Crippen LogP contribution < -0.4 is 5.32 Å². The number of amides is 1. The van der Waals surface area contributed by atoms with E-state index in [4.69, 9.17) is 0 Å². The molecule has 0 aliphatic rings. The van der Waals surface area contributed by atoms with E-state index in [1.54, 1.807) is 35.7 Å². The fourth-order valence-corrected chi connectivity index (χ4v) is 2.41. The lowest BCUT2D eigenvalue weighted by molar-refractivity contribution is -0.142. The van der Waals surface area contributed by atoms with Crippen molar-refractivity contribution in [2.75, 3.05) is 0 Å². The Labute approximate surface area is 120 Å². The summed E-state index contributed by atoms with van der Waals surface area (Å²) >= 11 is 1.46. The van der Waals surface area contributed by atoms with E-state index in [0.717, 1.165) is 5.01 Å². The van der Waals surface area contributed by atoms with E-state index in [9.17, 15) is 14.7 Å². The van der Waals surface area contributed by atoms with E-state index < -0.39 is 12.0 Å². The van der Waals surface area contributed by atoms with Gasteiger partial charge < -0.3 is 10.4 Å². The second kappa shape index (κ2) is 6.29. The second-order valence-electron chi connectivity index (χ2n) is 4.28. The number of carbonyl (C=O) groups excluding carboxylic acids is 1. The molecule has 1 aromatic carbocycles. The molecule has 0 saturated carbocycles. The highest BCUT2D eigenvalue weighted by Crippen LogP contribution is 2.14. The summed E-state index contributed by atoms with van der Waals surface area (Å²) in [7, 11) is 0. The normalized spacial score (nSPS) is 11.8. The van der Waals surface area contributed by atoms with Gasteiger partial charge in [0.05, 0.1) is 17.1 Å². The van der Waals surface area contributed by atoms with E-state index in [1.807, 2.05) is 6.92 Å². The zero-order valence-corrected chi connectivity index (χ0v) is 11.7. The molecule has 20 heavy (non-hydrogen) atoms. The Hall–Kier alpha value is -2.21. The first-order valence-electron chi connectivity index (χ1n) is 6.04. The zero-order chi connectivity index (χ0) is 14.5. The lowest BCUT2D eigenvalue weighted by atomic mass is 10.1. The van der Waals surface area contributed by atoms with Crippen molar-refractivity contribution in [1.82, 2.24) is 10.3 Å². The summed E-state index contributed by atoms with van der Waals surface area (Å²) in [6, 6.07) is 7.58. The number of benzene rings is 1. The van der Waals surface area contributed by atoms with E-state index in [-0.39, 0.29) is 12.3 Å². The Morgan fingerprint density at radius 2 is 2.05 bits per heavy atom. The predicted octanol–water partition coefficient (Wildman–Crippen LogP) is 1.94. The number of nitrogens with one attached hydrogen (secondary N) is 1. The first-order valence-corrected chi connectivity index (χ1v) is 6.92. The smallest absolute Gasteiger partial charge is 0.330 e. The van der Waals surface area contributed by atoms with Crippen LogP contribution in [0.5, 0.6) is 0 Å². The number of thiazole rings is 1. The van der Waals surface area contributed by atoms with Gasteiger partial charge in [0.1, 0.15) is 0 Å². The van der Waals surface area contributed by atoms with Crippen LogP contribution in [0.15, 0.2) is 35.7 Å². The first-order chi connectivity index (χ1) is 9.56. The van der Waals surface area contributed by atoms with Gasteiger partial charge in [0.2, 0.25) is 5.91 Å². The molecular weight excluding hydrogens is 276 g/mol. The predicted molar refractivity (Wildman–Crippen MR) is 75.5 cm³/mol. The molecule has 0 aliphatic carbocycles. The van der Waals surface area contributed by atoms with Crippen molar-refractivity contribution < 1.29 is 14.7 Å². The largest absolute Gasteiger partial charge is 0.479 e. The topological polar surface area (TPSA) is 79.3 Å². The van der Waals surface area contributed by atoms with Gasteiger partial charge in [-0.15, -0.1) is 11.3 Å². The molecule has 0 unspecified atom stereocenters. The number of carboxylic acid groups (broad SMARTS) is 1. The summed E-state index contributed by atoms with van der Waals surface area (Å²) in [6.07, 6.45) is 0.0843. The van der Waals surface area contributed by atoms with Crippen LogP contribution in [0, 0.1) is 6.92 Å². The molecule has 2 N–H and O–H groups in total. The number of carbonyl (C=O) groups is 2. The minimum absolute atomic E-state index is 0.0843. The lowest BCUT2D eigenvalue weighted by Crippen LogP contribution is -2.34. The zero-order valence-electron chi connectivity index (χ0n) is 10.9. The Kier molecular flexibility index (Phi) is 4.47. The SMILES string of the molecule is Cc1nc(CC(=O)N[C@@H](C(=O)O)c2ccccc2)cs1. The lowest BCUT2D eigenvalue weighted by Gasteiger charge is -2.14. The molecule has 5 nitrogen and oxygen atoms in total. The van der Waals surface area contributed by atoms with Crippen LogP contribution in [-0.4, -0.2) is 22.0 Å². The summed E-state index contributed by atoms with van der Waals surface area (Å²) in [5.74, 6) is -1.44. The third kappa shape index (κ3) is 3.64. The molecule has 1 aromatic heterocycles. The number of aromatic nitrogens is 1. The van der Waals surface area contributed by atoms with E-state index >= 15 is 0 Å². The molecule has 2 aromatic rings. The molecular formula is C14H14N2O3S. The third-order valence-electron chi connectivity index (χ3n) is 2.69. The van der Waals surface area contributed by atoms with Gasteiger partial charge in [-0.1, -0.05) is 30.3 Å².